The highest BCUT2D eigenvalue weighted by Crippen LogP contribution is 2.13. The molecule has 0 saturated heterocycles. The lowest BCUT2D eigenvalue weighted by Gasteiger charge is -2.16. The first-order valence-corrected chi connectivity index (χ1v) is 4.17. The molecule has 0 unspecified atom stereocenters. The van der Waals surface area contributed by atoms with Crippen LogP contribution in [0.15, 0.2) is 11.0 Å². The molecule has 1 aliphatic heterocycles. The molecule has 1 aromatic rings. The maximum absolute atomic E-state index is 11.2. The maximum atomic E-state index is 11.2. The molecule has 0 fully saturated rings. The smallest absolute Gasteiger partial charge is 0.266 e. The van der Waals surface area contributed by atoms with Crippen LogP contribution in [0.25, 0.3) is 0 Å². The fourth-order valence-electron chi connectivity index (χ4n) is 1.61. The Morgan fingerprint density at radius 1 is 1.54 bits per heavy atom. The van der Waals surface area contributed by atoms with E-state index in [2.05, 4.69) is 10.3 Å². The Morgan fingerprint density at radius 3 is 3.15 bits per heavy atom. The van der Waals surface area contributed by atoms with Crippen molar-refractivity contribution < 1.29 is 0 Å². The summed E-state index contributed by atoms with van der Waals surface area (Å²) in [5, 5.41) is 12.0. The first-order valence-electron chi connectivity index (χ1n) is 4.17. The van der Waals surface area contributed by atoms with Crippen LogP contribution >= 0.6 is 0 Å². The monoisotopic (exact) mass is 175 g/mol. The number of nitriles is 1. The van der Waals surface area contributed by atoms with Crippen molar-refractivity contribution in [3.8, 4) is 6.07 Å². The molecule has 0 bridgehead atoms. The largest absolute Gasteiger partial charge is 0.328 e. The zero-order chi connectivity index (χ0) is 9.26. The van der Waals surface area contributed by atoms with Crippen molar-refractivity contribution in [3.05, 3.63) is 33.2 Å². The number of fused-ring (bicyclic) bond motifs is 1. The number of pyridine rings is 1. The van der Waals surface area contributed by atoms with Crippen molar-refractivity contribution in [2.24, 2.45) is 0 Å². The Balaban J connectivity index is 2.67. The highest BCUT2D eigenvalue weighted by Gasteiger charge is 2.14. The molecule has 0 aromatic carbocycles. The molecule has 66 valence electrons. The van der Waals surface area contributed by atoms with E-state index in [-0.39, 0.29) is 11.1 Å². The van der Waals surface area contributed by atoms with E-state index in [1.807, 2.05) is 6.07 Å². The molecule has 13 heavy (non-hydrogen) atoms. The number of nitrogens with zero attached hydrogens (tertiary/aromatic N) is 1. The summed E-state index contributed by atoms with van der Waals surface area (Å²) in [6, 6.07) is 1.95. The molecule has 4 heteroatoms. The summed E-state index contributed by atoms with van der Waals surface area (Å²) in [6.07, 6.45) is 2.45. The number of nitrogens with one attached hydrogen (secondary N) is 2. The summed E-state index contributed by atoms with van der Waals surface area (Å²) in [7, 11) is 0. The van der Waals surface area contributed by atoms with Crippen molar-refractivity contribution >= 4 is 0 Å². The van der Waals surface area contributed by atoms with Gasteiger partial charge in [0.05, 0.1) is 0 Å². The van der Waals surface area contributed by atoms with Crippen LogP contribution in [0.1, 0.15) is 16.7 Å². The number of hydrogen-bond donors (Lipinski definition) is 2. The molecule has 0 radical (unpaired) electrons. The van der Waals surface area contributed by atoms with Crippen LogP contribution in [-0.2, 0) is 13.0 Å². The first kappa shape index (κ1) is 8.02. The second-order valence-electron chi connectivity index (χ2n) is 3.04. The lowest BCUT2D eigenvalue weighted by molar-refractivity contribution is 0.638. The summed E-state index contributed by atoms with van der Waals surface area (Å²) in [4.78, 5) is 13.8. The molecule has 2 heterocycles. The third kappa shape index (κ3) is 1.23. The van der Waals surface area contributed by atoms with Crippen LogP contribution in [0, 0.1) is 11.3 Å². The minimum Gasteiger partial charge on any atom is -0.328 e. The molecule has 4 nitrogen and oxygen atoms in total. The summed E-state index contributed by atoms with van der Waals surface area (Å²) >= 11 is 0. The molecular weight excluding hydrogens is 166 g/mol. The Kier molecular flexibility index (Phi) is 1.87. The van der Waals surface area contributed by atoms with Crippen molar-refractivity contribution in [1.29, 1.82) is 5.26 Å². The zero-order valence-electron chi connectivity index (χ0n) is 7.05. The molecule has 2 rings (SSSR count). The average molecular weight is 175 g/mol. The van der Waals surface area contributed by atoms with Crippen LogP contribution in [0.2, 0.25) is 0 Å². The van der Waals surface area contributed by atoms with Crippen molar-refractivity contribution in [2.75, 3.05) is 6.54 Å². The van der Waals surface area contributed by atoms with Crippen LogP contribution in [0.4, 0.5) is 0 Å². The van der Waals surface area contributed by atoms with Gasteiger partial charge in [-0.15, -0.1) is 0 Å². The third-order valence-electron chi connectivity index (χ3n) is 2.27. The van der Waals surface area contributed by atoms with Crippen molar-refractivity contribution in [2.45, 2.75) is 13.0 Å². The number of hydrogen-bond acceptors (Lipinski definition) is 3. The van der Waals surface area contributed by atoms with Crippen LogP contribution in [-0.4, -0.2) is 11.5 Å². The maximum Gasteiger partial charge on any atom is 0.266 e. The van der Waals surface area contributed by atoms with Crippen LogP contribution in [0.5, 0.6) is 0 Å². The minimum absolute atomic E-state index is 0.275. The van der Waals surface area contributed by atoms with Gasteiger partial charge in [0.1, 0.15) is 11.6 Å². The Labute approximate surface area is 75.2 Å². The van der Waals surface area contributed by atoms with Crippen LogP contribution in [0.3, 0.4) is 0 Å². The van der Waals surface area contributed by atoms with Gasteiger partial charge in [-0.05, 0) is 24.1 Å². The van der Waals surface area contributed by atoms with Gasteiger partial charge in [-0.1, -0.05) is 0 Å². The van der Waals surface area contributed by atoms with Crippen LogP contribution < -0.4 is 10.9 Å². The van der Waals surface area contributed by atoms with E-state index >= 15 is 0 Å². The molecule has 0 saturated carbocycles. The number of H-pyrrole nitrogens is 1. The van der Waals surface area contributed by atoms with Gasteiger partial charge in [0.25, 0.3) is 5.56 Å². The fraction of sp³-hybridized carbons (Fsp3) is 0.333. The molecule has 2 N–H and O–H groups in total. The quantitative estimate of drug-likeness (QED) is 0.578. The Hall–Kier alpha value is -1.60. The van der Waals surface area contributed by atoms with Gasteiger partial charge >= 0.3 is 0 Å². The third-order valence-corrected chi connectivity index (χ3v) is 2.27. The average Bonchev–Trinajstić information content (AvgIpc) is 2.18. The van der Waals surface area contributed by atoms with Crippen molar-refractivity contribution in [3.63, 3.8) is 0 Å². The van der Waals surface area contributed by atoms with Gasteiger partial charge in [0.2, 0.25) is 0 Å². The summed E-state index contributed by atoms with van der Waals surface area (Å²) in [5.41, 5.74) is 1.94. The van der Waals surface area contributed by atoms with Gasteiger partial charge in [0.15, 0.2) is 0 Å². The van der Waals surface area contributed by atoms with Gasteiger partial charge in [0, 0.05) is 12.7 Å². The van der Waals surface area contributed by atoms with Gasteiger partial charge in [-0.25, -0.2) is 0 Å². The number of aromatic amines is 1. The van der Waals surface area contributed by atoms with E-state index in [0.717, 1.165) is 30.6 Å². The van der Waals surface area contributed by atoms with E-state index in [9.17, 15) is 4.79 Å². The Bertz CT molecular complexity index is 427. The first-order chi connectivity index (χ1) is 6.33. The normalized spacial score (nSPS) is 14.7. The van der Waals surface area contributed by atoms with E-state index in [4.69, 9.17) is 5.26 Å². The highest BCUT2D eigenvalue weighted by molar-refractivity contribution is 5.41. The highest BCUT2D eigenvalue weighted by atomic mass is 16.1. The zero-order valence-corrected chi connectivity index (χ0v) is 7.05. The minimum atomic E-state index is -0.275. The standard InChI is InChI=1S/C9H9N3O/c10-3-8-7-1-2-11-4-6(7)5-12-9(8)13/h5,11H,1-2,4H2,(H,12,13). The summed E-state index contributed by atoms with van der Waals surface area (Å²) in [6.45, 7) is 1.58. The van der Waals surface area contributed by atoms with E-state index in [1.54, 1.807) is 6.20 Å². The summed E-state index contributed by atoms with van der Waals surface area (Å²) in [5.74, 6) is 0. The fourth-order valence-corrected chi connectivity index (χ4v) is 1.61. The lowest BCUT2D eigenvalue weighted by atomic mass is 9.99. The molecular formula is C9H9N3O. The lowest BCUT2D eigenvalue weighted by Crippen LogP contribution is -2.27. The van der Waals surface area contributed by atoms with Gasteiger partial charge in [-0.3, -0.25) is 4.79 Å². The van der Waals surface area contributed by atoms with E-state index in [1.165, 1.54) is 0 Å². The molecule has 1 aromatic heterocycles. The predicted octanol–water partition coefficient (Wildman–Crippen LogP) is -0.108. The van der Waals surface area contributed by atoms with Crippen molar-refractivity contribution in [1.82, 2.24) is 10.3 Å². The Morgan fingerprint density at radius 2 is 2.38 bits per heavy atom. The number of rotatable bonds is 0. The van der Waals surface area contributed by atoms with Gasteiger partial charge < -0.3 is 10.3 Å². The van der Waals surface area contributed by atoms with E-state index < -0.39 is 0 Å². The SMILES string of the molecule is N#Cc1c2c(c[nH]c1=O)CNCC2. The topological polar surface area (TPSA) is 68.7 Å². The summed E-state index contributed by atoms with van der Waals surface area (Å²) < 4.78 is 0. The second kappa shape index (κ2) is 3.04. The predicted molar refractivity (Wildman–Crippen MR) is 47.2 cm³/mol. The van der Waals surface area contributed by atoms with Gasteiger partial charge in [-0.2, -0.15) is 5.26 Å². The molecule has 0 aliphatic carbocycles. The molecule has 0 amide bonds. The number of aromatic nitrogens is 1. The molecule has 0 atom stereocenters. The van der Waals surface area contributed by atoms with E-state index in [0.29, 0.717) is 0 Å². The molecule has 1 aliphatic rings. The molecule has 0 spiro atoms. The second-order valence-corrected chi connectivity index (χ2v) is 3.04.